The number of hydrazone groups is 1. The summed E-state index contributed by atoms with van der Waals surface area (Å²) in [6.07, 6.45) is 3.11. The summed E-state index contributed by atoms with van der Waals surface area (Å²) < 4.78 is 1.98. The Morgan fingerprint density at radius 3 is 2.06 bits per heavy atom. The summed E-state index contributed by atoms with van der Waals surface area (Å²) in [5.74, 6) is 0. The third-order valence-electron chi connectivity index (χ3n) is 5.88. The Bertz CT molecular complexity index is 1050. The molecule has 2 heterocycles. The molecule has 0 spiro atoms. The van der Waals surface area contributed by atoms with Gasteiger partial charge < -0.3 is 0 Å². The third-order valence-corrected chi connectivity index (χ3v) is 5.88. The first kappa shape index (κ1) is 22.2. The molecule has 0 saturated heterocycles. The van der Waals surface area contributed by atoms with E-state index in [1.54, 1.807) is 0 Å². The number of hydrogen-bond donors (Lipinski definition) is 0. The number of hydrazine groups is 1. The maximum atomic E-state index is 4.77. The molecule has 3 aromatic rings. The quantitative estimate of drug-likeness (QED) is 0.507. The van der Waals surface area contributed by atoms with Gasteiger partial charge in [-0.15, -0.1) is 5.10 Å². The molecule has 0 aliphatic carbocycles. The first-order valence-corrected chi connectivity index (χ1v) is 11.3. The molecule has 0 fully saturated rings. The van der Waals surface area contributed by atoms with Gasteiger partial charge in [0.2, 0.25) is 0 Å². The second-order valence-electron chi connectivity index (χ2n) is 10.4. The number of aromatic nitrogens is 3. The fourth-order valence-electron chi connectivity index (χ4n) is 4.94. The van der Waals surface area contributed by atoms with E-state index in [0.29, 0.717) is 0 Å². The van der Waals surface area contributed by atoms with Crippen molar-refractivity contribution in [3.63, 3.8) is 0 Å². The molecular weight excluding hydrogens is 396 g/mol. The van der Waals surface area contributed by atoms with E-state index in [9.17, 15) is 0 Å². The van der Waals surface area contributed by atoms with Gasteiger partial charge in [0.25, 0.3) is 0 Å². The van der Waals surface area contributed by atoms with Crippen LogP contribution in [0.1, 0.15) is 39.7 Å². The van der Waals surface area contributed by atoms with Crippen molar-refractivity contribution in [1.29, 1.82) is 0 Å². The van der Waals surface area contributed by atoms with E-state index in [4.69, 9.17) is 5.10 Å². The van der Waals surface area contributed by atoms with E-state index < -0.39 is 0 Å². The van der Waals surface area contributed by atoms with Gasteiger partial charge in [-0.05, 0) is 22.8 Å². The predicted molar refractivity (Wildman–Crippen MR) is 130 cm³/mol. The van der Waals surface area contributed by atoms with Gasteiger partial charge in [0.1, 0.15) is 5.69 Å². The van der Waals surface area contributed by atoms with Crippen molar-refractivity contribution in [2.24, 2.45) is 15.9 Å². The highest BCUT2D eigenvalue weighted by atomic mass is 15.8. The van der Waals surface area contributed by atoms with E-state index in [-0.39, 0.29) is 10.8 Å². The van der Waals surface area contributed by atoms with Crippen molar-refractivity contribution in [2.75, 3.05) is 20.1 Å². The lowest BCUT2D eigenvalue weighted by atomic mass is 9.75. The Morgan fingerprint density at radius 2 is 1.41 bits per heavy atom. The van der Waals surface area contributed by atoms with Crippen LogP contribution in [0.15, 0.2) is 72.0 Å². The molecule has 1 aliphatic rings. The maximum Gasteiger partial charge on any atom is 0.113 e. The maximum absolute atomic E-state index is 4.77. The molecular formula is C26H34N6. The van der Waals surface area contributed by atoms with Gasteiger partial charge in [0.05, 0.1) is 18.5 Å². The van der Waals surface area contributed by atoms with Gasteiger partial charge >= 0.3 is 0 Å². The summed E-state index contributed by atoms with van der Waals surface area (Å²) in [6.45, 7) is 11.9. The molecule has 0 amide bonds. The van der Waals surface area contributed by atoms with Crippen LogP contribution in [0.3, 0.4) is 0 Å². The summed E-state index contributed by atoms with van der Waals surface area (Å²) in [5.41, 5.74) is 4.53. The normalized spacial score (nSPS) is 15.3. The Balaban J connectivity index is 1.37. The summed E-state index contributed by atoms with van der Waals surface area (Å²) in [7, 11) is 2.04. The molecule has 1 aromatic heterocycles. The fraction of sp³-hybridized carbons (Fsp3) is 0.423. The molecule has 0 N–H and O–H groups in total. The van der Waals surface area contributed by atoms with Gasteiger partial charge in [0, 0.05) is 25.7 Å². The van der Waals surface area contributed by atoms with Gasteiger partial charge in [0.15, 0.2) is 0 Å². The van der Waals surface area contributed by atoms with Gasteiger partial charge in [-0.2, -0.15) is 10.1 Å². The number of rotatable bonds is 8. The van der Waals surface area contributed by atoms with E-state index in [1.165, 1.54) is 5.56 Å². The van der Waals surface area contributed by atoms with Crippen LogP contribution in [0.4, 0.5) is 0 Å². The summed E-state index contributed by atoms with van der Waals surface area (Å²) in [4.78, 5) is 0. The lowest BCUT2D eigenvalue weighted by molar-refractivity contribution is -0.00931. The molecule has 0 radical (unpaired) electrons. The number of nitrogens with zero attached hydrogens (tertiary/aromatic N) is 6. The molecule has 168 valence electrons. The van der Waals surface area contributed by atoms with Crippen LogP contribution < -0.4 is 0 Å². The second kappa shape index (κ2) is 8.87. The summed E-state index contributed by atoms with van der Waals surface area (Å²) in [6, 6.07) is 20.7. The van der Waals surface area contributed by atoms with Gasteiger partial charge in [-0.25, -0.2) is 5.12 Å². The molecule has 0 bridgehead atoms. The van der Waals surface area contributed by atoms with Crippen LogP contribution >= 0.6 is 0 Å². The number of benzene rings is 2. The minimum Gasteiger partial charge on any atom is -0.251 e. The van der Waals surface area contributed by atoms with Crippen LogP contribution in [0.5, 0.6) is 0 Å². The van der Waals surface area contributed by atoms with Crippen molar-refractivity contribution < 1.29 is 0 Å². The number of hydrogen-bond acceptors (Lipinski definition) is 5. The highest BCUT2D eigenvalue weighted by Crippen LogP contribution is 2.36. The van der Waals surface area contributed by atoms with Gasteiger partial charge in [-0.1, -0.05) is 93.6 Å². The molecule has 0 saturated carbocycles. The Kier molecular flexibility index (Phi) is 6.15. The predicted octanol–water partition coefficient (Wildman–Crippen LogP) is 4.95. The fourth-order valence-corrected chi connectivity index (χ4v) is 4.94. The zero-order chi connectivity index (χ0) is 22.8. The lowest BCUT2D eigenvalue weighted by Gasteiger charge is -2.38. The van der Waals surface area contributed by atoms with Gasteiger partial charge in [-0.3, -0.25) is 4.68 Å². The zero-order valence-electron chi connectivity index (χ0n) is 19.9. The smallest absolute Gasteiger partial charge is 0.113 e. The Labute approximate surface area is 191 Å². The van der Waals surface area contributed by atoms with E-state index in [2.05, 4.69) is 85.6 Å². The molecule has 0 unspecified atom stereocenters. The Morgan fingerprint density at radius 1 is 0.812 bits per heavy atom. The molecule has 0 atom stereocenters. The van der Waals surface area contributed by atoms with E-state index in [1.807, 2.05) is 41.1 Å². The minimum atomic E-state index is 0.0760. The molecule has 6 nitrogen and oxygen atoms in total. The van der Waals surface area contributed by atoms with Crippen molar-refractivity contribution >= 4 is 5.71 Å². The first-order chi connectivity index (χ1) is 15.2. The average Bonchev–Trinajstić information content (AvgIpc) is 3.34. The molecule has 4 rings (SSSR count). The topological polar surface area (TPSA) is 49.5 Å². The third kappa shape index (κ3) is 5.43. The second-order valence-corrected chi connectivity index (χ2v) is 10.4. The summed E-state index contributed by atoms with van der Waals surface area (Å²) >= 11 is 0. The van der Waals surface area contributed by atoms with Crippen LogP contribution in [0.2, 0.25) is 0 Å². The summed E-state index contributed by atoms with van der Waals surface area (Å²) in [5, 5.41) is 17.9. The van der Waals surface area contributed by atoms with Crippen LogP contribution in [0, 0.1) is 10.8 Å². The largest absolute Gasteiger partial charge is 0.251 e. The molecule has 32 heavy (non-hydrogen) atoms. The lowest BCUT2D eigenvalue weighted by Crippen LogP contribution is -2.42. The highest BCUT2D eigenvalue weighted by molar-refractivity contribution is 6.02. The first-order valence-electron chi connectivity index (χ1n) is 11.3. The van der Waals surface area contributed by atoms with Crippen molar-refractivity contribution in [1.82, 2.24) is 25.1 Å². The average molecular weight is 431 g/mol. The molecule has 6 heteroatoms. The van der Waals surface area contributed by atoms with Crippen LogP contribution in [0.25, 0.3) is 11.3 Å². The SMILES string of the molecule is CN1N=C(c2ccccc2)CN1CC(C)(C)CC(C)(C)Cn1cc(-c2ccccc2)nn1. The van der Waals surface area contributed by atoms with Crippen LogP contribution in [-0.4, -0.2) is 51.0 Å². The molecule has 1 aliphatic heterocycles. The zero-order valence-corrected chi connectivity index (χ0v) is 19.9. The highest BCUT2D eigenvalue weighted by Gasteiger charge is 2.34. The van der Waals surface area contributed by atoms with Crippen molar-refractivity contribution in [3.05, 3.63) is 72.4 Å². The van der Waals surface area contributed by atoms with E-state index in [0.717, 1.165) is 43.0 Å². The van der Waals surface area contributed by atoms with Crippen molar-refractivity contribution in [3.8, 4) is 11.3 Å². The molecule has 2 aromatic carbocycles. The van der Waals surface area contributed by atoms with Crippen LogP contribution in [-0.2, 0) is 6.54 Å². The minimum absolute atomic E-state index is 0.0760. The van der Waals surface area contributed by atoms with Crippen molar-refractivity contribution in [2.45, 2.75) is 40.7 Å². The monoisotopic (exact) mass is 430 g/mol. The standard InChI is InChI=1S/C26H34N6/c1-25(2,19-31-16-23(27-29-31)21-12-8-6-9-13-21)18-26(3,4)20-32-17-24(28-30(32)5)22-14-10-7-11-15-22/h6-16H,17-20H2,1-5H3. The van der Waals surface area contributed by atoms with E-state index >= 15 is 0 Å². The Hall–Kier alpha value is -2.99.